The first kappa shape index (κ1) is 15.5. The summed E-state index contributed by atoms with van der Waals surface area (Å²) in [5.74, 6) is -1.20. The van der Waals surface area contributed by atoms with E-state index in [2.05, 4.69) is 25.6 Å². The molecule has 1 aromatic carbocycles. The van der Waals surface area contributed by atoms with Gasteiger partial charge in [-0.15, -0.1) is 0 Å². The zero-order valence-corrected chi connectivity index (χ0v) is 13.3. The Morgan fingerprint density at radius 1 is 1.29 bits per heavy atom. The van der Waals surface area contributed by atoms with Gasteiger partial charge in [-0.1, -0.05) is 22.0 Å². The fourth-order valence-corrected chi connectivity index (χ4v) is 3.46. The number of pyridine rings is 1. The van der Waals surface area contributed by atoms with Gasteiger partial charge in [-0.05, 0) is 36.8 Å². The van der Waals surface area contributed by atoms with Gasteiger partial charge in [0.1, 0.15) is 5.82 Å². The number of nitrogens with zero attached hydrogens (tertiary/aromatic N) is 1. The highest BCUT2D eigenvalue weighted by atomic mass is 79.9. The molecule has 0 radical (unpaired) electrons. The molecule has 0 unspecified atom stereocenters. The number of aromatic carboxylic acids is 1. The molecule has 8 heteroatoms. The average Bonchev–Trinajstić information content (AvgIpc) is 2.41. The predicted octanol–water partition coefficient (Wildman–Crippen LogP) is 2.65. The molecule has 110 valence electrons. The van der Waals surface area contributed by atoms with E-state index >= 15 is 0 Å². The zero-order valence-electron chi connectivity index (χ0n) is 10.9. The van der Waals surface area contributed by atoms with Crippen LogP contribution in [0.4, 0.5) is 5.82 Å². The van der Waals surface area contributed by atoms with Crippen LogP contribution in [0.25, 0.3) is 0 Å². The fraction of sp³-hybridized carbons (Fsp3) is 0.0769. The normalized spacial score (nSPS) is 11.1. The van der Waals surface area contributed by atoms with E-state index in [4.69, 9.17) is 5.11 Å². The van der Waals surface area contributed by atoms with Crippen molar-refractivity contribution in [3.05, 3.63) is 52.1 Å². The lowest BCUT2D eigenvalue weighted by atomic mass is 10.2. The molecule has 21 heavy (non-hydrogen) atoms. The topological polar surface area (TPSA) is 96.4 Å². The SMILES string of the molecule is Cc1ccc(Br)cc1S(=O)(=O)Nc1cc(C(=O)O)ccn1. The minimum atomic E-state index is -3.84. The summed E-state index contributed by atoms with van der Waals surface area (Å²) < 4.78 is 27.6. The van der Waals surface area contributed by atoms with Crippen LogP contribution in [0.3, 0.4) is 0 Å². The van der Waals surface area contributed by atoms with Gasteiger partial charge < -0.3 is 5.11 Å². The summed E-state index contributed by atoms with van der Waals surface area (Å²) in [6, 6.07) is 7.31. The summed E-state index contributed by atoms with van der Waals surface area (Å²) in [5.41, 5.74) is 0.522. The van der Waals surface area contributed by atoms with Crippen LogP contribution in [0.2, 0.25) is 0 Å². The van der Waals surface area contributed by atoms with Crippen molar-refractivity contribution in [3.8, 4) is 0 Å². The largest absolute Gasteiger partial charge is 0.478 e. The minimum absolute atomic E-state index is 0.0470. The van der Waals surface area contributed by atoms with E-state index in [0.29, 0.717) is 10.0 Å². The van der Waals surface area contributed by atoms with Gasteiger partial charge in [0.25, 0.3) is 10.0 Å². The third-order valence-electron chi connectivity index (χ3n) is 2.69. The van der Waals surface area contributed by atoms with E-state index in [1.165, 1.54) is 18.3 Å². The number of carboxylic acid groups (broad SMARTS) is 1. The first-order chi connectivity index (χ1) is 9.79. The number of aromatic nitrogens is 1. The molecular weight excluding hydrogens is 360 g/mol. The van der Waals surface area contributed by atoms with Crippen molar-refractivity contribution in [2.24, 2.45) is 0 Å². The number of sulfonamides is 1. The van der Waals surface area contributed by atoms with Gasteiger partial charge in [0.05, 0.1) is 10.5 Å². The Labute approximate surface area is 130 Å². The van der Waals surface area contributed by atoms with Crippen LogP contribution in [-0.4, -0.2) is 24.5 Å². The standard InChI is InChI=1S/C13H11BrN2O4S/c1-8-2-3-10(14)7-11(8)21(19,20)16-12-6-9(13(17)18)4-5-15-12/h2-7H,1H3,(H,15,16)(H,17,18). The molecule has 0 saturated heterocycles. The molecule has 1 aromatic heterocycles. The first-order valence-electron chi connectivity index (χ1n) is 5.78. The van der Waals surface area contributed by atoms with Crippen LogP contribution in [0, 0.1) is 6.92 Å². The highest BCUT2D eigenvalue weighted by Gasteiger charge is 2.18. The maximum absolute atomic E-state index is 12.3. The molecule has 2 rings (SSSR count). The summed E-state index contributed by atoms with van der Waals surface area (Å²) >= 11 is 3.22. The molecular formula is C13H11BrN2O4S. The number of halogens is 1. The third kappa shape index (κ3) is 3.59. The second-order valence-corrected chi connectivity index (χ2v) is 6.82. The predicted molar refractivity (Wildman–Crippen MR) is 80.9 cm³/mol. The first-order valence-corrected chi connectivity index (χ1v) is 8.05. The number of benzene rings is 1. The van der Waals surface area contributed by atoms with Crippen molar-refractivity contribution in [1.29, 1.82) is 0 Å². The van der Waals surface area contributed by atoms with Crippen LogP contribution in [-0.2, 0) is 10.0 Å². The number of hydrogen-bond acceptors (Lipinski definition) is 4. The maximum Gasteiger partial charge on any atom is 0.335 e. The molecule has 0 bridgehead atoms. The van der Waals surface area contributed by atoms with Crippen LogP contribution in [0.1, 0.15) is 15.9 Å². The van der Waals surface area contributed by atoms with Crippen molar-refractivity contribution >= 4 is 37.7 Å². The van der Waals surface area contributed by atoms with Crippen molar-refractivity contribution in [2.75, 3.05) is 4.72 Å². The van der Waals surface area contributed by atoms with E-state index in [1.807, 2.05) is 0 Å². The monoisotopic (exact) mass is 370 g/mol. The lowest BCUT2D eigenvalue weighted by Crippen LogP contribution is -2.15. The van der Waals surface area contributed by atoms with E-state index in [1.54, 1.807) is 19.1 Å². The lowest BCUT2D eigenvalue weighted by Gasteiger charge is -2.10. The third-order valence-corrected chi connectivity index (χ3v) is 4.68. The Morgan fingerprint density at radius 2 is 2.00 bits per heavy atom. The highest BCUT2D eigenvalue weighted by molar-refractivity contribution is 9.10. The Balaban J connectivity index is 2.40. The molecule has 1 heterocycles. The van der Waals surface area contributed by atoms with Crippen LogP contribution < -0.4 is 4.72 Å². The van der Waals surface area contributed by atoms with Gasteiger partial charge >= 0.3 is 5.97 Å². The van der Waals surface area contributed by atoms with Gasteiger partial charge in [-0.3, -0.25) is 4.72 Å². The van der Waals surface area contributed by atoms with E-state index in [0.717, 1.165) is 6.07 Å². The number of hydrogen-bond donors (Lipinski definition) is 2. The number of anilines is 1. The molecule has 6 nitrogen and oxygen atoms in total. The van der Waals surface area contributed by atoms with Gasteiger partial charge in [0.15, 0.2) is 0 Å². The molecule has 0 aliphatic carbocycles. The Kier molecular flexibility index (Phi) is 4.29. The molecule has 0 aliphatic heterocycles. The summed E-state index contributed by atoms with van der Waals surface area (Å²) in [4.78, 5) is 14.8. The quantitative estimate of drug-likeness (QED) is 0.862. The average molecular weight is 371 g/mol. The smallest absolute Gasteiger partial charge is 0.335 e. The van der Waals surface area contributed by atoms with Crippen molar-refractivity contribution in [1.82, 2.24) is 4.98 Å². The summed E-state index contributed by atoms with van der Waals surface area (Å²) in [6.45, 7) is 1.67. The molecule has 0 saturated carbocycles. The molecule has 0 fully saturated rings. The zero-order chi connectivity index (χ0) is 15.6. The second kappa shape index (κ2) is 5.82. The Morgan fingerprint density at radius 3 is 2.67 bits per heavy atom. The molecule has 0 atom stereocenters. The van der Waals surface area contributed by atoms with E-state index in [9.17, 15) is 13.2 Å². The molecule has 2 aromatic rings. The van der Waals surface area contributed by atoms with Gasteiger partial charge in [-0.2, -0.15) is 0 Å². The molecule has 0 aliphatic rings. The van der Waals surface area contributed by atoms with Gasteiger partial charge in [0.2, 0.25) is 0 Å². The fourth-order valence-electron chi connectivity index (χ4n) is 1.68. The minimum Gasteiger partial charge on any atom is -0.478 e. The second-order valence-electron chi connectivity index (χ2n) is 4.25. The lowest BCUT2D eigenvalue weighted by molar-refractivity contribution is 0.0697. The summed E-state index contributed by atoms with van der Waals surface area (Å²) in [7, 11) is -3.84. The Hall–Kier alpha value is -1.93. The van der Waals surface area contributed by atoms with Crippen molar-refractivity contribution < 1.29 is 18.3 Å². The van der Waals surface area contributed by atoms with Crippen LogP contribution in [0.5, 0.6) is 0 Å². The number of nitrogens with one attached hydrogen (secondary N) is 1. The molecule has 2 N–H and O–H groups in total. The summed E-state index contributed by atoms with van der Waals surface area (Å²) in [6.07, 6.45) is 1.23. The number of rotatable bonds is 4. The van der Waals surface area contributed by atoms with Crippen molar-refractivity contribution in [3.63, 3.8) is 0 Å². The maximum atomic E-state index is 12.3. The molecule has 0 spiro atoms. The Bertz CT molecular complexity index is 806. The van der Waals surface area contributed by atoms with E-state index < -0.39 is 16.0 Å². The highest BCUT2D eigenvalue weighted by Crippen LogP contribution is 2.22. The number of carboxylic acids is 1. The molecule has 0 amide bonds. The van der Waals surface area contributed by atoms with Gasteiger partial charge in [0, 0.05) is 10.7 Å². The van der Waals surface area contributed by atoms with Crippen molar-refractivity contribution in [2.45, 2.75) is 11.8 Å². The summed E-state index contributed by atoms with van der Waals surface area (Å²) in [5, 5.41) is 8.89. The van der Waals surface area contributed by atoms with Gasteiger partial charge in [-0.25, -0.2) is 18.2 Å². The van der Waals surface area contributed by atoms with E-state index in [-0.39, 0.29) is 16.3 Å². The number of carbonyl (C=O) groups is 1. The van der Waals surface area contributed by atoms with Crippen LogP contribution in [0.15, 0.2) is 45.9 Å². The number of aryl methyl sites for hydroxylation is 1. The van der Waals surface area contributed by atoms with Crippen LogP contribution >= 0.6 is 15.9 Å².